The summed E-state index contributed by atoms with van der Waals surface area (Å²) in [6.07, 6.45) is 3.27. The molecular weight excluding hydrogens is 518 g/mol. The summed E-state index contributed by atoms with van der Waals surface area (Å²) in [6.45, 7) is 3.97. The summed E-state index contributed by atoms with van der Waals surface area (Å²) in [4.78, 5) is 65.8. The van der Waals surface area contributed by atoms with E-state index in [9.17, 15) is 29.1 Å². The van der Waals surface area contributed by atoms with Crippen molar-refractivity contribution >= 4 is 40.5 Å². The number of carboxylic acid groups (broad SMARTS) is 1. The van der Waals surface area contributed by atoms with Gasteiger partial charge in [0.15, 0.2) is 0 Å². The monoisotopic (exact) mass is 559 g/mol. The van der Waals surface area contributed by atoms with Crippen LogP contribution in [-0.4, -0.2) is 70.4 Å². The van der Waals surface area contributed by atoms with E-state index in [1.807, 2.05) is 24.3 Å². The topological polar surface area (TPSA) is 236 Å². The number of aromatic amines is 1. The highest BCUT2D eigenvalue weighted by atomic mass is 16.4. The number of hydrogen-bond donors (Lipinski definition) is 8. The van der Waals surface area contributed by atoms with Gasteiger partial charge in [0, 0.05) is 23.5 Å². The molecular formula is C27H41N7O6. The van der Waals surface area contributed by atoms with E-state index in [0.717, 1.165) is 10.9 Å². The van der Waals surface area contributed by atoms with Crippen LogP contribution in [-0.2, 0) is 30.4 Å². The number of carboxylic acids is 1. The average molecular weight is 560 g/mol. The molecule has 4 amide bonds. The molecule has 0 saturated heterocycles. The zero-order valence-electron chi connectivity index (χ0n) is 22.9. The molecule has 0 radical (unpaired) electrons. The zero-order valence-corrected chi connectivity index (χ0v) is 22.9. The Morgan fingerprint density at radius 2 is 1.65 bits per heavy atom. The van der Waals surface area contributed by atoms with Crippen LogP contribution in [0.1, 0.15) is 51.5 Å². The standard InChI is InChI=1S/C27H41N7O6/c1-3-15(2)23(34-25(37)20(13-22(30)35)32-24(36)18(29)9-6-7-11-28)26(38)33-21(27(39)40)12-16-14-31-19-10-5-4-8-17(16)19/h4-5,8,10,14-15,18,20-21,23,31H,3,6-7,9,11-13,28-29H2,1-2H3,(H2,30,35)(H,32,36)(H,33,38)(H,34,37)(H,39,40). The van der Waals surface area contributed by atoms with Crippen molar-refractivity contribution < 1.29 is 29.1 Å². The second kappa shape index (κ2) is 15.6. The molecule has 5 unspecified atom stereocenters. The van der Waals surface area contributed by atoms with Crippen LogP contribution in [0.5, 0.6) is 0 Å². The molecule has 13 nitrogen and oxygen atoms in total. The molecule has 0 spiro atoms. The first-order chi connectivity index (χ1) is 19.0. The normalized spacial score (nSPS) is 14.9. The molecule has 220 valence electrons. The van der Waals surface area contributed by atoms with Gasteiger partial charge in [0.25, 0.3) is 0 Å². The van der Waals surface area contributed by atoms with Crippen LogP contribution in [0, 0.1) is 5.92 Å². The van der Waals surface area contributed by atoms with Crippen molar-refractivity contribution in [2.45, 2.75) is 76.5 Å². The molecule has 0 aliphatic heterocycles. The number of rotatable bonds is 17. The van der Waals surface area contributed by atoms with E-state index in [4.69, 9.17) is 17.2 Å². The van der Waals surface area contributed by atoms with Gasteiger partial charge in [-0.15, -0.1) is 0 Å². The van der Waals surface area contributed by atoms with Crippen LogP contribution in [0.4, 0.5) is 0 Å². The minimum absolute atomic E-state index is 0.00859. The van der Waals surface area contributed by atoms with Crippen molar-refractivity contribution in [3.05, 3.63) is 36.0 Å². The third-order valence-electron chi connectivity index (χ3n) is 6.85. The predicted octanol–water partition coefficient (Wildman–Crippen LogP) is -0.373. The van der Waals surface area contributed by atoms with Gasteiger partial charge in [-0.05, 0) is 36.9 Å². The van der Waals surface area contributed by atoms with Crippen LogP contribution in [0.2, 0.25) is 0 Å². The van der Waals surface area contributed by atoms with E-state index < -0.39 is 66.1 Å². The van der Waals surface area contributed by atoms with E-state index in [-0.39, 0.29) is 6.42 Å². The number of para-hydroxylation sites is 1. The fourth-order valence-corrected chi connectivity index (χ4v) is 4.27. The number of hydrogen-bond acceptors (Lipinski definition) is 7. The summed E-state index contributed by atoms with van der Waals surface area (Å²) < 4.78 is 0. The van der Waals surface area contributed by atoms with Crippen LogP contribution < -0.4 is 33.2 Å². The van der Waals surface area contributed by atoms with Crippen molar-refractivity contribution in [1.29, 1.82) is 0 Å². The number of primary amides is 1. The van der Waals surface area contributed by atoms with Gasteiger partial charge < -0.3 is 43.2 Å². The highest BCUT2D eigenvalue weighted by Crippen LogP contribution is 2.19. The Labute approximate surface area is 233 Å². The lowest BCUT2D eigenvalue weighted by Crippen LogP contribution is -2.59. The van der Waals surface area contributed by atoms with E-state index in [1.54, 1.807) is 20.0 Å². The highest BCUT2D eigenvalue weighted by Gasteiger charge is 2.33. The van der Waals surface area contributed by atoms with Crippen LogP contribution in [0.25, 0.3) is 10.9 Å². The Hall–Kier alpha value is -3.97. The van der Waals surface area contributed by atoms with Crippen molar-refractivity contribution in [2.24, 2.45) is 23.1 Å². The molecule has 5 atom stereocenters. The van der Waals surface area contributed by atoms with Gasteiger partial charge in [0.2, 0.25) is 23.6 Å². The van der Waals surface area contributed by atoms with Crippen LogP contribution in [0.3, 0.4) is 0 Å². The molecule has 13 heteroatoms. The summed E-state index contributed by atoms with van der Waals surface area (Å²) in [5.74, 6) is -4.66. The van der Waals surface area contributed by atoms with Crippen LogP contribution in [0.15, 0.2) is 30.5 Å². The fourth-order valence-electron chi connectivity index (χ4n) is 4.27. The van der Waals surface area contributed by atoms with Gasteiger partial charge in [-0.3, -0.25) is 19.2 Å². The lowest BCUT2D eigenvalue weighted by Gasteiger charge is -2.28. The number of fused-ring (bicyclic) bond motifs is 1. The molecule has 0 aliphatic carbocycles. The summed E-state index contributed by atoms with van der Waals surface area (Å²) in [5.41, 5.74) is 18.2. The largest absolute Gasteiger partial charge is 0.480 e. The SMILES string of the molecule is CCC(C)C(NC(=O)C(CC(N)=O)NC(=O)C(N)CCCCN)C(=O)NC(Cc1c[nH]c2ccccc12)C(=O)O. The number of aromatic nitrogens is 1. The number of unbranched alkanes of at least 4 members (excludes halogenated alkanes) is 1. The number of aliphatic carboxylic acids is 1. The number of carbonyl (C=O) groups excluding carboxylic acids is 4. The summed E-state index contributed by atoms with van der Waals surface area (Å²) >= 11 is 0. The Kier molecular flexibility index (Phi) is 12.6. The highest BCUT2D eigenvalue weighted by molar-refractivity contribution is 5.96. The zero-order chi connectivity index (χ0) is 29.8. The molecule has 0 fully saturated rings. The van der Waals surface area contributed by atoms with E-state index in [1.165, 1.54) is 0 Å². The Morgan fingerprint density at radius 1 is 0.975 bits per heavy atom. The molecule has 0 bridgehead atoms. The third kappa shape index (κ3) is 9.35. The maximum Gasteiger partial charge on any atom is 0.326 e. The molecule has 2 rings (SSSR count). The molecule has 11 N–H and O–H groups in total. The second-order valence-electron chi connectivity index (χ2n) is 9.96. The minimum atomic E-state index is -1.37. The van der Waals surface area contributed by atoms with E-state index in [0.29, 0.717) is 37.8 Å². The smallest absolute Gasteiger partial charge is 0.326 e. The molecule has 1 heterocycles. The number of nitrogens with two attached hydrogens (primary N) is 3. The van der Waals surface area contributed by atoms with Crippen LogP contribution >= 0.6 is 0 Å². The predicted molar refractivity (Wildman–Crippen MR) is 150 cm³/mol. The molecule has 0 aliphatic rings. The van der Waals surface area contributed by atoms with Crippen molar-refractivity contribution in [3.63, 3.8) is 0 Å². The lowest BCUT2D eigenvalue weighted by atomic mass is 9.96. The first-order valence-corrected chi connectivity index (χ1v) is 13.4. The number of amides is 4. The van der Waals surface area contributed by atoms with Gasteiger partial charge in [-0.2, -0.15) is 0 Å². The van der Waals surface area contributed by atoms with E-state index >= 15 is 0 Å². The fraction of sp³-hybridized carbons (Fsp3) is 0.519. The Morgan fingerprint density at radius 3 is 2.27 bits per heavy atom. The number of nitrogens with one attached hydrogen (secondary N) is 4. The first-order valence-electron chi connectivity index (χ1n) is 13.4. The molecule has 1 aromatic carbocycles. The maximum absolute atomic E-state index is 13.3. The molecule has 40 heavy (non-hydrogen) atoms. The first kappa shape index (κ1) is 32.2. The summed E-state index contributed by atoms with van der Waals surface area (Å²) in [5, 5.41) is 18.2. The quantitative estimate of drug-likeness (QED) is 0.119. The summed E-state index contributed by atoms with van der Waals surface area (Å²) in [6, 6.07) is 2.67. The second-order valence-corrected chi connectivity index (χ2v) is 9.96. The van der Waals surface area contributed by atoms with Crippen molar-refractivity contribution in [1.82, 2.24) is 20.9 Å². The number of carbonyl (C=O) groups is 5. The maximum atomic E-state index is 13.3. The average Bonchev–Trinajstić information content (AvgIpc) is 3.32. The van der Waals surface area contributed by atoms with Gasteiger partial charge in [-0.1, -0.05) is 44.9 Å². The lowest BCUT2D eigenvalue weighted by molar-refractivity contribution is -0.142. The van der Waals surface area contributed by atoms with Gasteiger partial charge in [0.05, 0.1) is 12.5 Å². The van der Waals surface area contributed by atoms with Gasteiger partial charge >= 0.3 is 5.97 Å². The van der Waals surface area contributed by atoms with Crippen molar-refractivity contribution in [3.8, 4) is 0 Å². The van der Waals surface area contributed by atoms with Gasteiger partial charge in [0.1, 0.15) is 18.1 Å². The Bertz CT molecular complexity index is 1180. The van der Waals surface area contributed by atoms with Gasteiger partial charge in [-0.25, -0.2) is 4.79 Å². The number of benzene rings is 1. The summed E-state index contributed by atoms with van der Waals surface area (Å²) in [7, 11) is 0. The third-order valence-corrected chi connectivity index (χ3v) is 6.85. The van der Waals surface area contributed by atoms with Crippen molar-refractivity contribution in [2.75, 3.05) is 6.54 Å². The number of H-pyrrole nitrogens is 1. The molecule has 0 saturated carbocycles. The minimum Gasteiger partial charge on any atom is -0.480 e. The molecule has 1 aromatic heterocycles. The Balaban J connectivity index is 2.16. The van der Waals surface area contributed by atoms with E-state index in [2.05, 4.69) is 20.9 Å². The molecule has 2 aromatic rings.